The number of rotatable bonds is 7. The van der Waals surface area contributed by atoms with Crippen molar-refractivity contribution in [1.29, 1.82) is 0 Å². The Morgan fingerprint density at radius 3 is 2.72 bits per heavy atom. The van der Waals surface area contributed by atoms with E-state index < -0.39 is 0 Å². The molecule has 144 valence electrons. The highest BCUT2D eigenvalue weighted by atomic mass is 127. The number of halogens is 1. The van der Waals surface area contributed by atoms with Gasteiger partial charge in [0.05, 0.1) is 17.2 Å². The van der Waals surface area contributed by atoms with E-state index in [0.717, 1.165) is 42.8 Å². The minimum Gasteiger partial charge on any atom is -0.357 e. The van der Waals surface area contributed by atoms with Gasteiger partial charge in [0.1, 0.15) is 0 Å². The summed E-state index contributed by atoms with van der Waals surface area (Å²) in [6.07, 6.45) is 4.11. The van der Waals surface area contributed by atoms with Crippen LogP contribution < -0.4 is 5.32 Å². The molecule has 1 aliphatic rings. The second kappa shape index (κ2) is 12.1. The van der Waals surface area contributed by atoms with Crippen LogP contribution in [0.25, 0.3) is 0 Å². The summed E-state index contributed by atoms with van der Waals surface area (Å²) >= 11 is 1.71. The Bertz CT molecular complexity index is 513. The third-order valence-corrected chi connectivity index (χ3v) is 5.16. The monoisotopic (exact) mass is 479 g/mol. The van der Waals surface area contributed by atoms with Crippen molar-refractivity contribution in [2.24, 2.45) is 10.9 Å². The number of aromatic nitrogens is 1. The van der Waals surface area contributed by atoms with Crippen LogP contribution in [0.2, 0.25) is 0 Å². The number of likely N-dealkylation sites (tertiary alicyclic amines) is 1. The Labute approximate surface area is 174 Å². The summed E-state index contributed by atoms with van der Waals surface area (Å²) in [5.41, 5.74) is 1.12. The Morgan fingerprint density at radius 2 is 2.12 bits per heavy atom. The first-order valence-corrected chi connectivity index (χ1v) is 10.1. The van der Waals surface area contributed by atoms with Gasteiger partial charge in [0.25, 0.3) is 0 Å². The zero-order chi connectivity index (χ0) is 17.4. The molecule has 7 heteroatoms. The van der Waals surface area contributed by atoms with Gasteiger partial charge < -0.3 is 15.1 Å². The molecule has 0 spiro atoms. The van der Waals surface area contributed by atoms with E-state index in [-0.39, 0.29) is 24.0 Å². The number of piperidine rings is 1. The molecular formula is C18H34IN5S. The summed E-state index contributed by atoms with van der Waals surface area (Å²) in [6, 6.07) is 0. The molecule has 25 heavy (non-hydrogen) atoms. The number of hydrogen-bond acceptors (Lipinski definition) is 4. The van der Waals surface area contributed by atoms with E-state index in [1.165, 1.54) is 32.4 Å². The van der Waals surface area contributed by atoms with Crippen molar-refractivity contribution in [1.82, 2.24) is 20.1 Å². The molecule has 1 atom stereocenters. The number of nitrogens with zero attached hydrogens (tertiary/aromatic N) is 4. The molecule has 0 bridgehead atoms. The molecule has 1 N–H and O–H groups in total. The zero-order valence-corrected chi connectivity index (χ0v) is 19.3. The van der Waals surface area contributed by atoms with Crippen LogP contribution in [-0.2, 0) is 6.54 Å². The molecule has 1 aromatic heterocycles. The van der Waals surface area contributed by atoms with E-state index in [2.05, 4.69) is 53.3 Å². The van der Waals surface area contributed by atoms with Crippen molar-refractivity contribution in [3.05, 3.63) is 16.1 Å². The van der Waals surface area contributed by atoms with Gasteiger partial charge in [-0.15, -0.1) is 35.3 Å². The number of aryl methyl sites for hydroxylation is 1. The van der Waals surface area contributed by atoms with Gasteiger partial charge in [-0.05, 0) is 45.7 Å². The quantitative estimate of drug-likeness (QED) is 0.369. The average Bonchev–Trinajstić information content (AvgIpc) is 2.97. The summed E-state index contributed by atoms with van der Waals surface area (Å²) < 4.78 is 0. The average molecular weight is 479 g/mol. The zero-order valence-electron chi connectivity index (χ0n) is 16.1. The van der Waals surface area contributed by atoms with Crippen LogP contribution in [0, 0.1) is 12.8 Å². The van der Waals surface area contributed by atoms with Gasteiger partial charge >= 0.3 is 0 Å². The molecular weight excluding hydrogens is 445 g/mol. The van der Waals surface area contributed by atoms with Crippen LogP contribution in [0.5, 0.6) is 0 Å². The lowest BCUT2D eigenvalue weighted by atomic mass is 10.1. The second-order valence-electron chi connectivity index (χ2n) is 6.87. The van der Waals surface area contributed by atoms with Crippen LogP contribution in [0.1, 0.15) is 43.8 Å². The number of hydrogen-bond donors (Lipinski definition) is 1. The third-order valence-electron chi connectivity index (χ3n) is 4.33. The molecule has 0 aliphatic carbocycles. The Morgan fingerprint density at radius 1 is 1.40 bits per heavy atom. The lowest BCUT2D eigenvalue weighted by molar-refractivity contribution is 0.202. The summed E-state index contributed by atoms with van der Waals surface area (Å²) in [5.74, 6) is 1.57. The molecule has 5 nitrogen and oxygen atoms in total. The van der Waals surface area contributed by atoms with E-state index in [9.17, 15) is 0 Å². The minimum atomic E-state index is 0. The first-order chi connectivity index (χ1) is 11.6. The summed E-state index contributed by atoms with van der Waals surface area (Å²) in [4.78, 5) is 14.2. The maximum absolute atomic E-state index is 4.86. The van der Waals surface area contributed by atoms with Crippen molar-refractivity contribution >= 4 is 41.3 Å². The fraction of sp³-hybridized carbons (Fsp3) is 0.778. The van der Waals surface area contributed by atoms with Gasteiger partial charge in [0, 0.05) is 32.1 Å². The molecule has 1 fully saturated rings. The van der Waals surface area contributed by atoms with Gasteiger partial charge in [-0.1, -0.05) is 13.3 Å². The molecule has 0 aromatic carbocycles. The molecule has 2 rings (SSSR count). The lowest BCUT2D eigenvalue weighted by Crippen LogP contribution is -2.39. The smallest absolute Gasteiger partial charge is 0.194 e. The maximum atomic E-state index is 4.86. The van der Waals surface area contributed by atoms with Crippen molar-refractivity contribution in [3.8, 4) is 0 Å². The van der Waals surface area contributed by atoms with Crippen molar-refractivity contribution in [2.45, 2.75) is 46.6 Å². The molecule has 1 saturated heterocycles. The second-order valence-corrected chi connectivity index (χ2v) is 7.94. The molecule has 1 aromatic rings. The third kappa shape index (κ3) is 8.21. The molecule has 1 aliphatic heterocycles. The van der Waals surface area contributed by atoms with Crippen LogP contribution in [0.4, 0.5) is 0 Å². The van der Waals surface area contributed by atoms with Gasteiger partial charge in [-0.2, -0.15) is 0 Å². The topological polar surface area (TPSA) is 43.8 Å². The largest absolute Gasteiger partial charge is 0.357 e. The summed E-state index contributed by atoms with van der Waals surface area (Å²) in [5, 5.41) is 6.66. The first-order valence-electron chi connectivity index (χ1n) is 9.21. The highest BCUT2D eigenvalue weighted by Crippen LogP contribution is 2.12. The number of thiazole rings is 1. The highest BCUT2D eigenvalue weighted by Gasteiger charge is 2.14. The van der Waals surface area contributed by atoms with Crippen molar-refractivity contribution in [3.63, 3.8) is 0 Å². The van der Waals surface area contributed by atoms with Gasteiger partial charge in [-0.3, -0.25) is 4.99 Å². The summed E-state index contributed by atoms with van der Waals surface area (Å²) in [6.45, 7) is 12.7. The van der Waals surface area contributed by atoms with E-state index >= 15 is 0 Å². The Balaban J connectivity index is 0.00000312. The van der Waals surface area contributed by atoms with Gasteiger partial charge in [0.15, 0.2) is 5.96 Å². The Kier molecular flexibility index (Phi) is 10.9. The van der Waals surface area contributed by atoms with Crippen LogP contribution in [0.3, 0.4) is 0 Å². The van der Waals surface area contributed by atoms with Crippen molar-refractivity contribution in [2.75, 3.05) is 39.8 Å². The molecule has 2 heterocycles. The Hall–Kier alpha value is -0.410. The van der Waals surface area contributed by atoms with Gasteiger partial charge in [0.2, 0.25) is 0 Å². The van der Waals surface area contributed by atoms with Crippen LogP contribution in [-0.4, -0.2) is 60.5 Å². The predicted molar refractivity (Wildman–Crippen MR) is 119 cm³/mol. The highest BCUT2D eigenvalue weighted by molar-refractivity contribution is 14.0. The SMILES string of the molecule is CCNC(=NCC(C)CN1CCCCC1)N(C)Cc1csc(C)n1.I. The van der Waals surface area contributed by atoms with Crippen LogP contribution in [0.15, 0.2) is 10.4 Å². The number of aliphatic imine (C=N–C) groups is 1. The molecule has 0 radical (unpaired) electrons. The first kappa shape index (κ1) is 22.6. The summed E-state index contributed by atoms with van der Waals surface area (Å²) in [7, 11) is 2.09. The standard InChI is InChI=1S/C18H33N5S.HI/c1-5-19-18(22(4)13-17-14-24-16(3)21-17)20-11-15(2)12-23-9-7-6-8-10-23;/h14-15H,5-13H2,1-4H3,(H,19,20);1H. The molecule has 1 unspecified atom stereocenters. The fourth-order valence-corrected chi connectivity index (χ4v) is 3.76. The lowest BCUT2D eigenvalue weighted by Gasteiger charge is -2.29. The van der Waals surface area contributed by atoms with E-state index in [1.54, 1.807) is 11.3 Å². The fourth-order valence-electron chi connectivity index (χ4n) is 3.15. The van der Waals surface area contributed by atoms with E-state index in [1.807, 2.05) is 0 Å². The molecule has 0 amide bonds. The number of guanidine groups is 1. The van der Waals surface area contributed by atoms with Gasteiger partial charge in [-0.25, -0.2) is 4.98 Å². The maximum Gasteiger partial charge on any atom is 0.194 e. The van der Waals surface area contributed by atoms with Crippen LogP contribution >= 0.6 is 35.3 Å². The molecule has 0 saturated carbocycles. The van der Waals surface area contributed by atoms with E-state index in [4.69, 9.17) is 4.99 Å². The predicted octanol–water partition coefficient (Wildman–Crippen LogP) is 3.59. The normalized spacial score (nSPS) is 17.0. The van der Waals surface area contributed by atoms with Crippen molar-refractivity contribution < 1.29 is 0 Å². The number of nitrogens with one attached hydrogen (secondary N) is 1. The van der Waals surface area contributed by atoms with E-state index in [0.29, 0.717) is 5.92 Å². The minimum absolute atomic E-state index is 0.